The summed E-state index contributed by atoms with van der Waals surface area (Å²) in [7, 11) is 0. The predicted octanol–water partition coefficient (Wildman–Crippen LogP) is 0.836. The summed E-state index contributed by atoms with van der Waals surface area (Å²) in [5, 5.41) is 0. The Labute approximate surface area is 61.5 Å². The van der Waals surface area contributed by atoms with Gasteiger partial charge < -0.3 is 9.47 Å². The Kier molecular flexibility index (Phi) is 2.65. The van der Waals surface area contributed by atoms with E-state index in [1.807, 2.05) is 0 Å². The summed E-state index contributed by atoms with van der Waals surface area (Å²) in [6.45, 7) is 3.18. The minimum Gasteiger partial charge on any atom is -0.338 e. The van der Waals surface area contributed by atoms with Gasteiger partial charge in [0.05, 0.1) is 13.2 Å². The minimum atomic E-state index is -0.847. The zero-order valence-corrected chi connectivity index (χ0v) is 6.43. The van der Waals surface area contributed by atoms with Crippen molar-refractivity contribution in [2.45, 2.75) is 32.1 Å². The average molecular weight is 145 g/mol. The highest BCUT2D eigenvalue weighted by Gasteiger charge is 2.20. The zero-order valence-electron chi connectivity index (χ0n) is 6.43. The summed E-state index contributed by atoms with van der Waals surface area (Å²) in [6.07, 6.45) is 3.36. The first-order valence-corrected chi connectivity index (χ1v) is 3.77. The van der Waals surface area contributed by atoms with Gasteiger partial charge >= 0.3 is 0 Å². The molecule has 0 radical (unpaired) electrons. The van der Waals surface area contributed by atoms with Crippen molar-refractivity contribution in [1.29, 1.82) is 0 Å². The van der Waals surface area contributed by atoms with Crippen molar-refractivity contribution >= 4 is 0 Å². The highest BCUT2D eigenvalue weighted by molar-refractivity contribution is 4.55. The third kappa shape index (κ3) is 2.64. The molecule has 0 aromatic heterocycles. The van der Waals surface area contributed by atoms with Gasteiger partial charge in [-0.05, 0) is 19.3 Å². The summed E-state index contributed by atoms with van der Waals surface area (Å²) in [5.41, 5.74) is 5.60. The van der Waals surface area contributed by atoms with Crippen molar-refractivity contribution in [3.8, 4) is 0 Å². The van der Waals surface area contributed by atoms with Crippen LogP contribution in [0.2, 0.25) is 0 Å². The molecule has 0 bridgehead atoms. The van der Waals surface area contributed by atoms with Crippen molar-refractivity contribution in [2.75, 3.05) is 13.2 Å². The predicted molar refractivity (Wildman–Crippen MR) is 38.3 cm³/mol. The number of nitrogens with two attached hydrogens (primary N) is 1. The molecular weight excluding hydrogens is 130 g/mol. The van der Waals surface area contributed by atoms with Gasteiger partial charge in [0, 0.05) is 6.92 Å². The van der Waals surface area contributed by atoms with Gasteiger partial charge in [-0.2, -0.15) is 0 Å². The maximum absolute atomic E-state index is 5.60. The van der Waals surface area contributed by atoms with Gasteiger partial charge in [0.25, 0.3) is 0 Å². The quantitative estimate of drug-likeness (QED) is 0.549. The molecule has 60 valence electrons. The maximum Gasteiger partial charge on any atom is 0.221 e. The lowest BCUT2D eigenvalue weighted by Gasteiger charge is -2.27. The molecule has 2 N–H and O–H groups in total. The smallest absolute Gasteiger partial charge is 0.221 e. The molecule has 1 rings (SSSR count). The molecule has 0 amide bonds. The molecule has 10 heavy (non-hydrogen) atoms. The summed E-state index contributed by atoms with van der Waals surface area (Å²) >= 11 is 0. The molecule has 1 aliphatic heterocycles. The molecule has 1 aliphatic rings. The number of hydrogen-bond acceptors (Lipinski definition) is 3. The van der Waals surface area contributed by atoms with Crippen LogP contribution in [0, 0.1) is 0 Å². The van der Waals surface area contributed by atoms with Crippen LogP contribution in [0.4, 0.5) is 0 Å². The van der Waals surface area contributed by atoms with Crippen molar-refractivity contribution in [2.24, 2.45) is 5.73 Å². The van der Waals surface area contributed by atoms with Crippen molar-refractivity contribution in [1.82, 2.24) is 0 Å². The second-order valence-electron chi connectivity index (χ2n) is 2.77. The Morgan fingerprint density at radius 3 is 2.10 bits per heavy atom. The number of hydrogen-bond donors (Lipinski definition) is 1. The molecule has 3 nitrogen and oxygen atoms in total. The molecule has 0 aliphatic carbocycles. The van der Waals surface area contributed by atoms with E-state index in [0.717, 1.165) is 12.8 Å². The first kappa shape index (κ1) is 7.98. The molecule has 1 saturated heterocycles. The third-order valence-electron chi connectivity index (χ3n) is 1.57. The van der Waals surface area contributed by atoms with E-state index in [2.05, 4.69) is 0 Å². The molecule has 0 unspecified atom stereocenters. The van der Waals surface area contributed by atoms with Crippen LogP contribution in [0.5, 0.6) is 0 Å². The highest BCUT2D eigenvalue weighted by Crippen LogP contribution is 2.11. The van der Waals surface area contributed by atoms with E-state index in [0.29, 0.717) is 13.2 Å². The average Bonchev–Trinajstić information content (AvgIpc) is 1.81. The van der Waals surface area contributed by atoms with Crippen LogP contribution in [-0.2, 0) is 9.47 Å². The van der Waals surface area contributed by atoms with Crippen LogP contribution >= 0.6 is 0 Å². The summed E-state index contributed by atoms with van der Waals surface area (Å²) in [4.78, 5) is 0. The van der Waals surface area contributed by atoms with Gasteiger partial charge in [-0.25, -0.2) is 0 Å². The fourth-order valence-electron chi connectivity index (χ4n) is 0.972. The molecule has 0 spiro atoms. The Morgan fingerprint density at radius 2 is 1.60 bits per heavy atom. The fourth-order valence-corrected chi connectivity index (χ4v) is 0.972. The summed E-state index contributed by atoms with van der Waals surface area (Å²) in [5.74, 6) is -0.847. The van der Waals surface area contributed by atoms with Crippen LogP contribution in [0.25, 0.3) is 0 Å². The zero-order chi connectivity index (χ0) is 7.45. The Bertz CT molecular complexity index is 93.8. The van der Waals surface area contributed by atoms with Crippen molar-refractivity contribution < 1.29 is 9.47 Å². The molecule has 0 aromatic carbocycles. The third-order valence-corrected chi connectivity index (χ3v) is 1.57. The highest BCUT2D eigenvalue weighted by atomic mass is 16.7. The largest absolute Gasteiger partial charge is 0.338 e. The van der Waals surface area contributed by atoms with Gasteiger partial charge in [0.2, 0.25) is 5.91 Å². The van der Waals surface area contributed by atoms with E-state index < -0.39 is 5.91 Å². The lowest BCUT2D eigenvalue weighted by atomic mass is 10.2. The monoisotopic (exact) mass is 145 g/mol. The fraction of sp³-hybridized carbons (Fsp3) is 1.00. The summed E-state index contributed by atoms with van der Waals surface area (Å²) in [6, 6.07) is 0. The van der Waals surface area contributed by atoms with Crippen LogP contribution in [0.15, 0.2) is 0 Å². The van der Waals surface area contributed by atoms with E-state index in [9.17, 15) is 0 Å². The van der Waals surface area contributed by atoms with Crippen LogP contribution in [0.3, 0.4) is 0 Å². The molecule has 0 aromatic rings. The van der Waals surface area contributed by atoms with Gasteiger partial charge in [-0.3, -0.25) is 5.73 Å². The minimum absolute atomic E-state index is 0.715. The van der Waals surface area contributed by atoms with E-state index in [1.54, 1.807) is 6.92 Å². The van der Waals surface area contributed by atoms with Gasteiger partial charge in [-0.1, -0.05) is 0 Å². The standard InChI is InChI=1S/C7H15NO2/c1-7(8)9-5-3-2-4-6-10-7/h2-6,8H2,1H3. The second kappa shape index (κ2) is 3.32. The van der Waals surface area contributed by atoms with Crippen molar-refractivity contribution in [3.63, 3.8) is 0 Å². The second-order valence-corrected chi connectivity index (χ2v) is 2.77. The molecule has 3 heteroatoms. The van der Waals surface area contributed by atoms with E-state index in [-0.39, 0.29) is 0 Å². The lowest BCUT2D eigenvalue weighted by molar-refractivity contribution is -0.228. The first-order valence-electron chi connectivity index (χ1n) is 3.77. The van der Waals surface area contributed by atoms with E-state index in [1.165, 1.54) is 6.42 Å². The Balaban J connectivity index is 2.30. The molecule has 1 heterocycles. The molecular formula is C7H15NO2. The molecule has 0 saturated carbocycles. The van der Waals surface area contributed by atoms with Gasteiger partial charge in [0.15, 0.2) is 0 Å². The first-order chi connectivity index (χ1) is 4.71. The Morgan fingerprint density at radius 1 is 1.10 bits per heavy atom. The van der Waals surface area contributed by atoms with E-state index >= 15 is 0 Å². The van der Waals surface area contributed by atoms with E-state index in [4.69, 9.17) is 15.2 Å². The Hall–Kier alpha value is -0.120. The van der Waals surface area contributed by atoms with Gasteiger partial charge in [-0.15, -0.1) is 0 Å². The number of ether oxygens (including phenoxy) is 2. The normalized spacial score (nSPS) is 27.0. The lowest BCUT2D eigenvalue weighted by Crippen LogP contribution is -2.43. The maximum atomic E-state index is 5.60. The van der Waals surface area contributed by atoms with Crippen LogP contribution in [-0.4, -0.2) is 19.1 Å². The van der Waals surface area contributed by atoms with Gasteiger partial charge in [0.1, 0.15) is 0 Å². The van der Waals surface area contributed by atoms with Crippen molar-refractivity contribution in [3.05, 3.63) is 0 Å². The van der Waals surface area contributed by atoms with Crippen LogP contribution < -0.4 is 5.73 Å². The SMILES string of the molecule is CC1(N)OCCCCCO1. The summed E-state index contributed by atoms with van der Waals surface area (Å²) < 4.78 is 10.5. The topological polar surface area (TPSA) is 44.5 Å². The van der Waals surface area contributed by atoms with Crippen LogP contribution in [0.1, 0.15) is 26.2 Å². The molecule has 0 atom stereocenters. The molecule has 1 fully saturated rings. The number of rotatable bonds is 0.